The lowest BCUT2D eigenvalue weighted by Gasteiger charge is -2.12. The lowest BCUT2D eigenvalue weighted by molar-refractivity contribution is 0.0593. The molecule has 24 heavy (non-hydrogen) atoms. The molecule has 11 heteroatoms. The van der Waals surface area contributed by atoms with Gasteiger partial charge < -0.3 is 9.47 Å². The average Bonchev–Trinajstić information content (AvgIpc) is 2.56. The lowest BCUT2D eigenvalue weighted by atomic mass is 10.4. The second-order valence-corrected chi connectivity index (χ2v) is 6.70. The van der Waals surface area contributed by atoms with Gasteiger partial charge in [0.15, 0.2) is 5.69 Å². The third kappa shape index (κ3) is 3.69. The van der Waals surface area contributed by atoms with E-state index in [2.05, 4.69) is 19.4 Å². The van der Waals surface area contributed by atoms with E-state index in [9.17, 15) is 13.2 Å². The van der Waals surface area contributed by atoms with Crippen molar-refractivity contribution in [3.05, 3.63) is 40.1 Å². The largest absolute Gasteiger partial charge is 0.478 e. The van der Waals surface area contributed by atoms with Crippen LogP contribution in [0.25, 0.3) is 0 Å². The molecule has 8 nitrogen and oxygen atoms in total. The van der Waals surface area contributed by atoms with Crippen LogP contribution >= 0.6 is 23.2 Å². The van der Waals surface area contributed by atoms with E-state index >= 15 is 0 Å². The van der Waals surface area contributed by atoms with Crippen molar-refractivity contribution in [2.75, 3.05) is 18.9 Å². The van der Waals surface area contributed by atoms with Gasteiger partial charge in [-0.15, -0.1) is 0 Å². The number of hydrogen-bond acceptors (Lipinski definition) is 7. The van der Waals surface area contributed by atoms with E-state index in [0.29, 0.717) is 0 Å². The Kier molecular flexibility index (Phi) is 5.47. The van der Waals surface area contributed by atoms with Gasteiger partial charge in [0.25, 0.3) is 15.9 Å². The minimum Gasteiger partial charge on any atom is -0.478 e. The Morgan fingerprint density at radius 1 is 1.25 bits per heavy atom. The number of esters is 1. The highest BCUT2D eigenvalue weighted by Gasteiger charge is 2.23. The van der Waals surface area contributed by atoms with Crippen LogP contribution in [-0.4, -0.2) is 38.6 Å². The molecule has 0 saturated heterocycles. The van der Waals surface area contributed by atoms with Gasteiger partial charge >= 0.3 is 5.97 Å². The number of ether oxygens (including phenoxy) is 2. The molecule has 0 aliphatic carbocycles. The van der Waals surface area contributed by atoms with E-state index in [1.54, 1.807) is 0 Å². The van der Waals surface area contributed by atoms with Gasteiger partial charge in [-0.1, -0.05) is 29.3 Å². The van der Waals surface area contributed by atoms with E-state index in [4.69, 9.17) is 27.9 Å². The molecule has 1 heterocycles. The lowest BCUT2D eigenvalue weighted by Crippen LogP contribution is -2.17. The topological polar surface area (TPSA) is 107 Å². The van der Waals surface area contributed by atoms with Gasteiger partial charge in [-0.25, -0.2) is 23.2 Å². The van der Waals surface area contributed by atoms with E-state index in [1.165, 1.54) is 25.3 Å². The van der Waals surface area contributed by atoms with Crippen LogP contribution < -0.4 is 9.46 Å². The maximum Gasteiger partial charge on any atom is 0.358 e. The normalized spacial score (nSPS) is 11.0. The summed E-state index contributed by atoms with van der Waals surface area (Å²) in [4.78, 5) is 18.9. The van der Waals surface area contributed by atoms with Gasteiger partial charge in [0.2, 0.25) is 5.82 Å². The molecular formula is C13H11Cl2N3O5S. The number of anilines is 1. The van der Waals surface area contributed by atoms with Crippen molar-refractivity contribution in [2.45, 2.75) is 4.90 Å². The fourth-order valence-electron chi connectivity index (χ4n) is 1.67. The highest BCUT2D eigenvalue weighted by molar-refractivity contribution is 7.92. The molecule has 0 aliphatic rings. The standard InChI is InChI=1S/C13H11Cl2N3O5S/c1-22-12-11(17-8(6-16-12)13(19)23-2)18-24(20,21)9-5-3-4-7(14)10(9)15/h3-6H,1-2H3,(H,17,18). The van der Waals surface area contributed by atoms with Crippen molar-refractivity contribution in [3.8, 4) is 5.88 Å². The van der Waals surface area contributed by atoms with Gasteiger partial charge in [0.1, 0.15) is 4.90 Å². The molecule has 1 N–H and O–H groups in total. The molecule has 0 atom stereocenters. The molecule has 0 aliphatic heterocycles. The maximum atomic E-state index is 12.5. The van der Waals surface area contributed by atoms with Crippen LogP contribution in [0, 0.1) is 0 Å². The van der Waals surface area contributed by atoms with Crippen molar-refractivity contribution < 1.29 is 22.7 Å². The number of sulfonamides is 1. The third-order valence-corrected chi connectivity index (χ3v) is 5.08. The fraction of sp³-hybridized carbons (Fsp3) is 0.154. The Morgan fingerprint density at radius 2 is 1.96 bits per heavy atom. The Hall–Kier alpha value is -2.10. The van der Waals surface area contributed by atoms with Gasteiger partial charge in [0, 0.05) is 0 Å². The smallest absolute Gasteiger partial charge is 0.358 e. The summed E-state index contributed by atoms with van der Waals surface area (Å²) >= 11 is 11.8. The quantitative estimate of drug-likeness (QED) is 0.779. The predicted molar refractivity (Wildman–Crippen MR) is 87.2 cm³/mol. The van der Waals surface area contributed by atoms with Crippen LogP contribution in [0.3, 0.4) is 0 Å². The summed E-state index contributed by atoms with van der Waals surface area (Å²) in [5, 5.41) is -0.0800. The van der Waals surface area contributed by atoms with Crippen molar-refractivity contribution in [3.63, 3.8) is 0 Å². The number of carbonyl (C=O) groups excluding carboxylic acids is 1. The number of aromatic nitrogens is 2. The van der Waals surface area contributed by atoms with Crippen molar-refractivity contribution in [2.24, 2.45) is 0 Å². The number of carbonyl (C=O) groups is 1. The van der Waals surface area contributed by atoms with Crippen LogP contribution in [0.4, 0.5) is 5.82 Å². The second-order valence-electron chi connectivity index (χ2n) is 4.26. The first kappa shape index (κ1) is 18.2. The average molecular weight is 392 g/mol. The number of benzene rings is 1. The van der Waals surface area contributed by atoms with Crippen LogP contribution in [-0.2, 0) is 14.8 Å². The minimum atomic E-state index is -4.15. The van der Waals surface area contributed by atoms with Gasteiger partial charge in [-0.3, -0.25) is 4.72 Å². The highest BCUT2D eigenvalue weighted by Crippen LogP contribution is 2.31. The number of rotatable bonds is 5. The van der Waals surface area contributed by atoms with Crippen LogP contribution in [0.2, 0.25) is 10.0 Å². The summed E-state index contributed by atoms with van der Waals surface area (Å²) in [6.45, 7) is 0. The van der Waals surface area contributed by atoms with E-state index < -0.39 is 16.0 Å². The fourth-order valence-corrected chi connectivity index (χ4v) is 3.43. The molecule has 0 bridgehead atoms. The van der Waals surface area contributed by atoms with Gasteiger partial charge in [-0.2, -0.15) is 0 Å². The molecule has 0 amide bonds. The van der Waals surface area contributed by atoms with E-state index in [1.807, 2.05) is 0 Å². The van der Waals surface area contributed by atoms with E-state index in [-0.39, 0.29) is 32.3 Å². The SMILES string of the molecule is COC(=O)c1cnc(OC)c(NS(=O)(=O)c2cccc(Cl)c2Cl)n1. The van der Waals surface area contributed by atoms with Crippen molar-refractivity contribution >= 4 is 45.0 Å². The number of hydrogen-bond donors (Lipinski definition) is 1. The summed E-state index contributed by atoms with van der Waals surface area (Å²) in [5.41, 5.74) is -0.201. The summed E-state index contributed by atoms with van der Waals surface area (Å²) in [5.74, 6) is -1.22. The minimum absolute atomic E-state index is 0.0703. The Labute approximate surface area is 147 Å². The molecule has 2 aromatic rings. The van der Waals surface area contributed by atoms with Gasteiger partial charge in [0.05, 0.1) is 30.5 Å². The Balaban J connectivity index is 2.49. The summed E-state index contributed by atoms with van der Waals surface area (Å²) in [7, 11) is -1.72. The molecule has 0 saturated carbocycles. The predicted octanol–water partition coefficient (Wildman–Crippen LogP) is 2.38. The maximum absolute atomic E-state index is 12.5. The molecule has 0 fully saturated rings. The summed E-state index contributed by atoms with van der Waals surface area (Å²) in [6.07, 6.45) is 1.09. The number of nitrogens with one attached hydrogen (secondary N) is 1. The van der Waals surface area contributed by atoms with Crippen LogP contribution in [0.5, 0.6) is 5.88 Å². The first-order valence-corrected chi connectivity index (χ1v) is 8.50. The molecule has 128 valence electrons. The van der Waals surface area contributed by atoms with E-state index in [0.717, 1.165) is 13.3 Å². The molecule has 0 radical (unpaired) electrons. The number of nitrogens with zero attached hydrogens (tertiary/aromatic N) is 2. The molecule has 0 unspecified atom stereocenters. The molecule has 0 spiro atoms. The molecule has 1 aromatic heterocycles. The third-order valence-electron chi connectivity index (χ3n) is 2.76. The van der Waals surface area contributed by atoms with Crippen LogP contribution in [0.15, 0.2) is 29.3 Å². The second kappa shape index (κ2) is 7.20. The number of methoxy groups -OCH3 is 2. The highest BCUT2D eigenvalue weighted by atomic mass is 35.5. The Morgan fingerprint density at radius 3 is 2.58 bits per heavy atom. The zero-order chi connectivity index (χ0) is 17.9. The summed E-state index contributed by atoms with van der Waals surface area (Å²) < 4.78 is 36.6. The van der Waals surface area contributed by atoms with Crippen molar-refractivity contribution in [1.82, 2.24) is 9.97 Å². The molecule has 1 aromatic carbocycles. The first-order valence-electron chi connectivity index (χ1n) is 6.26. The zero-order valence-corrected chi connectivity index (χ0v) is 14.7. The molecular weight excluding hydrogens is 381 g/mol. The first-order chi connectivity index (χ1) is 11.3. The van der Waals surface area contributed by atoms with Crippen LogP contribution in [0.1, 0.15) is 10.5 Å². The van der Waals surface area contributed by atoms with Crippen molar-refractivity contribution in [1.29, 1.82) is 0 Å². The zero-order valence-electron chi connectivity index (χ0n) is 12.4. The number of halogens is 2. The summed E-state index contributed by atoms with van der Waals surface area (Å²) in [6, 6.07) is 4.14. The molecule has 2 rings (SSSR count). The Bertz CT molecular complexity index is 889. The monoisotopic (exact) mass is 391 g/mol. The van der Waals surface area contributed by atoms with Gasteiger partial charge in [-0.05, 0) is 12.1 Å².